The molecule has 20 heavy (non-hydrogen) atoms. The molecule has 1 aliphatic carbocycles. The van der Waals surface area contributed by atoms with Gasteiger partial charge in [0.25, 0.3) is 0 Å². The second-order valence-electron chi connectivity index (χ2n) is 6.14. The number of piperidine rings is 1. The number of benzene rings is 1. The van der Waals surface area contributed by atoms with Crippen molar-refractivity contribution >= 4 is 11.6 Å². The van der Waals surface area contributed by atoms with Crippen LogP contribution in [0.3, 0.4) is 0 Å². The average Bonchev–Trinajstić information content (AvgIpc) is 3.26. The van der Waals surface area contributed by atoms with Crippen molar-refractivity contribution in [2.45, 2.75) is 38.3 Å². The van der Waals surface area contributed by atoms with Crippen molar-refractivity contribution in [3.05, 3.63) is 34.6 Å². The summed E-state index contributed by atoms with van der Waals surface area (Å²) < 4.78 is 13.5. The molecule has 0 amide bonds. The highest BCUT2D eigenvalue weighted by molar-refractivity contribution is 6.31. The van der Waals surface area contributed by atoms with E-state index in [1.54, 1.807) is 6.07 Å². The van der Waals surface area contributed by atoms with Crippen LogP contribution in [0.2, 0.25) is 5.02 Å². The van der Waals surface area contributed by atoms with Crippen LogP contribution in [0.1, 0.15) is 31.2 Å². The molecule has 1 heterocycles. The van der Waals surface area contributed by atoms with E-state index >= 15 is 0 Å². The van der Waals surface area contributed by atoms with Gasteiger partial charge in [0.1, 0.15) is 5.82 Å². The summed E-state index contributed by atoms with van der Waals surface area (Å²) in [6.07, 6.45) is 5.21. The highest BCUT2D eigenvalue weighted by atomic mass is 35.5. The van der Waals surface area contributed by atoms with E-state index in [2.05, 4.69) is 10.2 Å². The standard InChI is InChI=1S/C16H22ClFN2/c17-16-13(4-1-5-15(16)18)11-20-8-2-3-12(10-20)9-19-14-6-7-14/h1,4-5,12,14,19H,2-3,6-11H2. The Hall–Kier alpha value is -0.640. The fourth-order valence-electron chi connectivity index (χ4n) is 2.99. The summed E-state index contributed by atoms with van der Waals surface area (Å²) in [5, 5.41) is 3.90. The summed E-state index contributed by atoms with van der Waals surface area (Å²) in [5.74, 6) is 0.407. The van der Waals surface area contributed by atoms with E-state index in [-0.39, 0.29) is 10.8 Å². The van der Waals surface area contributed by atoms with Crippen LogP contribution in [0.15, 0.2) is 18.2 Å². The molecule has 2 aliphatic rings. The molecule has 110 valence electrons. The zero-order valence-electron chi connectivity index (χ0n) is 11.7. The molecular weight excluding hydrogens is 275 g/mol. The molecule has 1 saturated heterocycles. The Kier molecular flexibility index (Phi) is 4.59. The van der Waals surface area contributed by atoms with Crippen LogP contribution in [0, 0.1) is 11.7 Å². The van der Waals surface area contributed by atoms with Gasteiger partial charge in [0.05, 0.1) is 5.02 Å². The van der Waals surface area contributed by atoms with E-state index in [1.807, 2.05) is 6.07 Å². The monoisotopic (exact) mass is 296 g/mol. The normalized spacial score (nSPS) is 24.0. The number of hydrogen-bond acceptors (Lipinski definition) is 2. The molecule has 0 spiro atoms. The Balaban J connectivity index is 1.54. The molecule has 1 aromatic rings. The Morgan fingerprint density at radius 1 is 1.30 bits per heavy atom. The molecule has 2 fully saturated rings. The molecular formula is C16H22ClFN2. The van der Waals surface area contributed by atoms with Gasteiger partial charge in [-0.2, -0.15) is 0 Å². The molecule has 0 aromatic heterocycles. The first-order chi connectivity index (χ1) is 9.72. The third kappa shape index (κ3) is 3.72. The van der Waals surface area contributed by atoms with Crippen LogP contribution in [0.25, 0.3) is 0 Å². The van der Waals surface area contributed by atoms with Crippen molar-refractivity contribution in [2.24, 2.45) is 5.92 Å². The van der Waals surface area contributed by atoms with Crippen molar-refractivity contribution < 1.29 is 4.39 Å². The maximum Gasteiger partial charge on any atom is 0.142 e. The molecule has 0 bridgehead atoms. The molecule has 1 unspecified atom stereocenters. The van der Waals surface area contributed by atoms with Crippen LogP contribution < -0.4 is 5.32 Å². The summed E-state index contributed by atoms with van der Waals surface area (Å²) in [5.41, 5.74) is 0.905. The smallest absolute Gasteiger partial charge is 0.142 e. The molecule has 3 rings (SSSR count). The van der Waals surface area contributed by atoms with Crippen LogP contribution in [0.5, 0.6) is 0 Å². The van der Waals surface area contributed by atoms with Gasteiger partial charge in [-0.05, 0) is 56.3 Å². The molecule has 1 saturated carbocycles. The molecule has 1 aromatic carbocycles. The zero-order valence-corrected chi connectivity index (χ0v) is 12.5. The predicted octanol–water partition coefficient (Wildman–Crippen LogP) is 3.44. The van der Waals surface area contributed by atoms with Crippen molar-refractivity contribution in [2.75, 3.05) is 19.6 Å². The van der Waals surface area contributed by atoms with Crippen molar-refractivity contribution in [3.8, 4) is 0 Å². The van der Waals surface area contributed by atoms with Gasteiger partial charge in [0.2, 0.25) is 0 Å². The van der Waals surface area contributed by atoms with Gasteiger partial charge in [-0.15, -0.1) is 0 Å². The first-order valence-corrected chi connectivity index (χ1v) is 7.99. The lowest BCUT2D eigenvalue weighted by Gasteiger charge is -2.33. The first-order valence-electron chi connectivity index (χ1n) is 7.61. The van der Waals surface area contributed by atoms with Gasteiger partial charge >= 0.3 is 0 Å². The molecule has 0 radical (unpaired) electrons. The minimum absolute atomic E-state index is 0.283. The van der Waals surface area contributed by atoms with Crippen LogP contribution >= 0.6 is 11.6 Å². The number of halogens is 2. The van der Waals surface area contributed by atoms with Crippen molar-refractivity contribution in [3.63, 3.8) is 0 Å². The van der Waals surface area contributed by atoms with Gasteiger partial charge < -0.3 is 5.32 Å². The highest BCUT2D eigenvalue weighted by Crippen LogP contribution is 2.25. The SMILES string of the molecule is Fc1cccc(CN2CCCC(CNC3CC3)C2)c1Cl. The number of likely N-dealkylation sites (tertiary alicyclic amines) is 1. The van der Waals surface area contributed by atoms with Crippen molar-refractivity contribution in [1.82, 2.24) is 10.2 Å². The van der Waals surface area contributed by atoms with E-state index in [4.69, 9.17) is 11.6 Å². The Labute approximate surface area is 125 Å². The first kappa shape index (κ1) is 14.3. The summed E-state index contributed by atoms with van der Waals surface area (Å²) in [7, 11) is 0. The Morgan fingerprint density at radius 2 is 2.15 bits per heavy atom. The molecule has 1 atom stereocenters. The number of rotatable bonds is 5. The summed E-state index contributed by atoms with van der Waals surface area (Å²) in [4.78, 5) is 2.41. The van der Waals surface area contributed by atoms with Crippen LogP contribution in [-0.2, 0) is 6.54 Å². The predicted molar refractivity (Wildman–Crippen MR) is 80.4 cm³/mol. The lowest BCUT2D eigenvalue weighted by Crippen LogP contribution is -2.39. The van der Waals surface area contributed by atoms with E-state index in [0.29, 0.717) is 0 Å². The van der Waals surface area contributed by atoms with Gasteiger partial charge in [-0.1, -0.05) is 23.7 Å². The minimum Gasteiger partial charge on any atom is -0.314 e. The molecule has 1 aliphatic heterocycles. The lowest BCUT2D eigenvalue weighted by atomic mass is 9.97. The summed E-state index contributed by atoms with van der Waals surface area (Å²) in [6.45, 7) is 4.06. The maximum absolute atomic E-state index is 13.5. The van der Waals surface area contributed by atoms with E-state index in [9.17, 15) is 4.39 Å². The summed E-state index contributed by atoms with van der Waals surface area (Å²) >= 11 is 6.05. The molecule has 4 heteroatoms. The third-order valence-corrected chi connectivity index (χ3v) is 4.72. The van der Waals surface area contributed by atoms with Gasteiger partial charge in [0.15, 0.2) is 0 Å². The Bertz CT molecular complexity index is 462. The average molecular weight is 297 g/mol. The second kappa shape index (κ2) is 6.42. The number of nitrogens with one attached hydrogen (secondary N) is 1. The van der Waals surface area contributed by atoms with Gasteiger partial charge in [-0.25, -0.2) is 4.39 Å². The topological polar surface area (TPSA) is 15.3 Å². The fourth-order valence-corrected chi connectivity index (χ4v) is 3.18. The largest absolute Gasteiger partial charge is 0.314 e. The van der Waals surface area contributed by atoms with Crippen molar-refractivity contribution in [1.29, 1.82) is 0 Å². The number of nitrogens with zero attached hydrogens (tertiary/aromatic N) is 1. The van der Waals surface area contributed by atoms with E-state index in [1.165, 1.54) is 31.7 Å². The number of hydrogen-bond donors (Lipinski definition) is 1. The van der Waals surface area contributed by atoms with Gasteiger partial charge in [0, 0.05) is 19.1 Å². The van der Waals surface area contributed by atoms with Crippen LogP contribution in [-0.4, -0.2) is 30.6 Å². The minimum atomic E-state index is -0.312. The van der Waals surface area contributed by atoms with Gasteiger partial charge in [-0.3, -0.25) is 4.90 Å². The van der Waals surface area contributed by atoms with Crippen LogP contribution in [0.4, 0.5) is 4.39 Å². The fraction of sp³-hybridized carbons (Fsp3) is 0.625. The van der Waals surface area contributed by atoms with E-state index < -0.39 is 0 Å². The maximum atomic E-state index is 13.5. The second-order valence-corrected chi connectivity index (χ2v) is 6.52. The Morgan fingerprint density at radius 3 is 2.95 bits per heavy atom. The molecule has 1 N–H and O–H groups in total. The third-order valence-electron chi connectivity index (χ3n) is 4.30. The summed E-state index contributed by atoms with van der Waals surface area (Å²) in [6, 6.07) is 5.87. The highest BCUT2D eigenvalue weighted by Gasteiger charge is 2.25. The molecule has 2 nitrogen and oxygen atoms in total. The quantitative estimate of drug-likeness (QED) is 0.895. The lowest BCUT2D eigenvalue weighted by molar-refractivity contribution is 0.165. The van der Waals surface area contributed by atoms with E-state index in [0.717, 1.165) is 43.7 Å². The zero-order chi connectivity index (χ0) is 13.9.